The van der Waals surface area contributed by atoms with Crippen molar-refractivity contribution in [2.24, 2.45) is 5.73 Å². The lowest BCUT2D eigenvalue weighted by molar-refractivity contribution is 0.0635. The third-order valence-corrected chi connectivity index (χ3v) is 3.81. The Morgan fingerprint density at radius 1 is 1.39 bits per heavy atom. The summed E-state index contributed by atoms with van der Waals surface area (Å²) in [5.74, 6) is -2.57. The first kappa shape index (κ1) is 17.5. The number of nitrogens with one attached hydrogen (secondary N) is 1. The summed E-state index contributed by atoms with van der Waals surface area (Å²) in [6.45, 7) is 5.07. The van der Waals surface area contributed by atoms with Crippen LogP contribution in [0, 0.1) is 0 Å². The number of amides is 1. The molecule has 1 aliphatic rings. The Balaban J connectivity index is 2.23. The minimum atomic E-state index is -2.84. The first-order valence-corrected chi connectivity index (χ1v) is 7.31. The quantitative estimate of drug-likeness (QED) is 0.889. The van der Waals surface area contributed by atoms with E-state index in [1.807, 2.05) is 0 Å². The van der Waals surface area contributed by atoms with E-state index in [1.54, 1.807) is 20.8 Å². The molecule has 0 radical (unpaired) electrons. The number of carbonyl (C=O) groups excluding carboxylic acids is 1. The van der Waals surface area contributed by atoms with Crippen LogP contribution in [-0.4, -0.2) is 31.3 Å². The molecule has 1 amide bonds. The molecule has 1 aromatic rings. The molecule has 0 bridgehead atoms. The highest BCUT2D eigenvalue weighted by molar-refractivity contribution is 5.85. The van der Waals surface area contributed by atoms with Crippen LogP contribution in [0.2, 0.25) is 0 Å². The summed E-state index contributed by atoms with van der Waals surface area (Å²) in [6, 6.07) is 4.54. The molecular formula is C16H22F2N2O3. The average Bonchev–Trinajstić information content (AvgIpc) is 2.99. The van der Waals surface area contributed by atoms with E-state index < -0.39 is 23.0 Å². The van der Waals surface area contributed by atoms with Crippen LogP contribution in [0.3, 0.4) is 0 Å². The molecular weight excluding hydrogens is 306 g/mol. The number of hydrogen-bond acceptors (Lipinski definition) is 4. The summed E-state index contributed by atoms with van der Waals surface area (Å²) in [5, 5.41) is 2.55. The molecule has 3 N–H and O–H groups in total. The van der Waals surface area contributed by atoms with Crippen LogP contribution in [0.25, 0.3) is 0 Å². The zero-order valence-electron chi connectivity index (χ0n) is 13.7. The number of hydrogen-bond donors (Lipinski definition) is 2. The van der Waals surface area contributed by atoms with Crippen molar-refractivity contribution in [1.82, 2.24) is 0 Å². The molecule has 0 aromatic heterocycles. The number of carbonyl (C=O) groups is 1. The summed E-state index contributed by atoms with van der Waals surface area (Å²) in [5.41, 5.74) is 4.29. The van der Waals surface area contributed by atoms with Crippen molar-refractivity contribution in [3.63, 3.8) is 0 Å². The first-order valence-electron chi connectivity index (χ1n) is 7.31. The predicted octanol–water partition coefficient (Wildman–Crippen LogP) is 3.28. The minimum Gasteiger partial charge on any atom is -0.496 e. The highest BCUT2D eigenvalue weighted by Gasteiger charge is 2.71. The monoisotopic (exact) mass is 328 g/mol. The van der Waals surface area contributed by atoms with Crippen molar-refractivity contribution in [2.75, 3.05) is 19.0 Å². The Bertz CT molecular complexity index is 614. The van der Waals surface area contributed by atoms with Gasteiger partial charge in [0.15, 0.2) is 0 Å². The van der Waals surface area contributed by atoms with E-state index in [4.69, 9.17) is 15.2 Å². The van der Waals surface area contributed by atoms with Gasteiger partial charge in [-0.25, -0.2) is 13.6 Å². The fourth-order valence-electron chi connectivity index (χ4n) is 2.54. The second kappa shape index (κ2) is 5.63. The smallest absolute Gasteiger partial charge is 0.412 e. The maximum Gasteiger partial charge on any atom is 0.412 e. The van der Waals surface area contributed by atoms with Gasteiger partial charge in [0.1, 0.15) is 11.4 Å². The number of benzene rings is 1. The van der Waals surface area contributed by atoms with Crippen LogP contribution in [-0.2, 0) is 10.2 Å². The topological polar surface area (TPSA) is 73.6 Å². The van der Waals surface area contributed by atoms with Gasteiger partial charge in [-0.2, -0.15) is 0 Å². The number of ether oxygens (including phenoxy) is 2. The van der Waals surface area contributed by atoms with Crippen LogP contribution in [0.4, 0.5) is 19.3 Å². The fourth-order valence-corrected chi connectivity index (χ4v) is 2.54. The van der Waals surface area contributed by atoms with Crippen LogP contribution >= 0.6 is 0 Å². The highest BCUT2D eigenvalue weighted by Crippen LogP contribution is 2.62. The van der Waals surface area contributed by atoms with Gasteiger partial charge >= 0.3 is 6.09 Å². The molecule has 0 aliphatic heterocycles. The van der Waals surface area contributed by atoms with Gasteiger partial charge in [-0.3, -0.25) is 5.32 Å². The Hall–Kier alpha value is -1.89. The number of halogens is 2. The van der Waals surface area contributed by atoms with Gasteiger partial charge in [0.05, 0.1) is 12.5 Å². The zero-order valence-corrected chi connectivity index (χ0v) is 13.7. The molecule has 1 fully saturated rings. The molecule has 128 valence electrons. The van der Waals surface area contributed by atoms with E-state index >= 15 is 0 Å². The number of nitrogens with two attached hydrogens (primary N) is 1. The van der Waals surface area contributed by atoms with Gasteiger partial charge in [0.2, 0.25) is 0 Å². The van der Waals surface area contributed by atoms with Crippen molar-refractivity contribution in [3.8, 4) is 5.75 Å². The van der Waals surface area contributed by atoms with E-state index in [9.17, 15) is 13.6 Å². The van der Waals surface area contributed by atoms with Crippen LogP contribution in [0.1, 0.15) is 32.8 Å². The molecule has 7 heteroatoms. The SMILES string of the molecule is COc1cc(NC(=O)OC(C)(C)C)ccc1C1(CN)CC1(F)F. The molecule has 1 unspecified atom stereocenters. The predicted molar refractivity (Wildman–Crippen MR) is 83.1 cm³/mol. The summed E-state index contributed by atoms with van der Waals surface area (Å²) in [4.78, 5) is 11.8. The van der Waals surface area contributed by atoms with Gasteiger partial charge in [-0.15, -0.1) is 0 Å². The van der Waals surface area contributed by atoms with E-state index in [0.29, 0.717) is 11.3 Å². The van der Waals surface area contributed by atoms with E-state index in [0.717, 1.165) is 0 Å². The van der Waals surface area contributed by atoms with Gasteiger partial charge in [-0.1, -0.05) is 6.07 Å². The molecule has 0 saturated heterocycles. The summed E-state index contributed by atoms with van der Waals surface area (Å²) >= 11 is 0. The standard InChI is InChI=1S/C16H22F2N2O3/c1-14(2,3)23-13(21)20-10-5-6-11(12(7-10)22-4)15(9-19)8-16(15,17)18/h5-7H,8-9,19H2,1-4H3,(H,20,21). The summed E-state index contributed by atoms with van der Waals surface area (Å²) < 4.78 is 37.8. The highest BCUT2D eigenvalue weighted by atomic mass is 19.3. The van der Waals surface area contributed by atoms with Gasteiger partial charge in [0.25, 0.3) is 5.92 Å². The molecule has 1 atom stereocenters. The Morgan fingerprint density at radius 2 is 2.00 bits per heavy atom. The van der Waals surface area contributed by atoms with E-state index in [2.05, 4.69) is 5.32 Å². The lowest BCUT2D eigenvalue weighted by Crippen LogP contribution is -2.28. The number of alkyl halides is 2. The van der Waals surface area contributed by atoms with Gasteiger partial charge in [-0.05, 0) is 26.8 Å². The number of methoxy groups -OCH3 is 1. The Labute approximate surface area is 134 Å². The number of anilines is 1. The molecule has 2 rings (SSSR count). The van der Waals surface area contributed by atoms with Crippen molar-refractivity contribution in [1.29, 1.82) is 0 Å². The Morgan fingerprint density at radius 3 is 2.43 bits per heavy atom. The number of rotatable bonds is 4. The second-order valence-corrected chi connectivity index (χ2v) is 6.71. The zero-order chi connectivity index (χ0) is 17.5. The Kier molecular flexibility index (Phi) is 4.28. The van der Waals surface area contributed by atoms with Crippen molar-refractivity contribution in [2.45, 2.75) is 44.1 Å². The van der Waals surface area contributed by atoms with Crippen molar-refractivity contribution >= 4 is 11.8 Å². The first-order chi connectivity index (χ1) is 10.5. The average molecular weight is 328 g/mol. The molecule has 1 aliphatic carbocycles. The third-order valence-electron chi connectivity index (χ3n) is 3.81. The van der Waals surface area contributed by atoms with Gasteiger partial charge in [0, 0.05) is 30.3 Å². The molecule has 1 aromatic carbocycles. The molecule has 1 saturated carbocycles. The molecule has 5 nitrogen and oxygen atoms in total. The summed E-state index contributed by atoms with van der Waals surface area (Å²) in [6.07, 6.45) is -0.927. The normalized spacial score (nSPS) is 22.4. The van der Waals surface area contributed by atoms with Crippen LogP contribution in [0.5, 0.6) is 5.75 Å². The third kappa shape index (κ3) is 3.39. The minimum absolute atomic E-state index is 0.171. The lowest BCUT2D eigenvalue weighted by Gasteiger charge is -2.21. The van der Waals surface area contributed by atoms with E-state index in [1.165, 1.54) is 25.3 Å². The maximum atomic E-state index is 13.7. The summed E-state index contributed by atoms with van der Waals surface area (Å²) in [7, 11) is 1.39. The molecule has 0 spiro atoms. The lowest BCUT2D eigenvalue weighted by atomic mass is 9.94. The van der Waals surface area contributed by atoms with Gasteiger partial charge < -0.3 is 15.2 Å². The van der Waals surface area contributed by atoms with E-state index in [-0.39, 0.29) is 18.7 Å². The molecule has 23 heavy (non-hydrogen) atoms. The largest absolute Gasteiger partial charge is 0.496 e. The maximum absolute atomic E-state index is 13.7. The van der Waals surface area contributed by atoms with Crippen LogP contribution in [0.15, 0.2) is 18.2 Å². The van der Waals surface area contributed by atoms with Crippen molar-refractivity contribution < 1.29 is 23.0 Å². The second-order valence-electron chi connectivity index (χ2n) is 6.71. The van der Waals surface area contributed by atoms with Crippen LogP contribution < -0.4 is 15.8 Å². The molecule has 0 heterocycles. The van der Waals surface area contributed by atoms with Crippen molar-refractivity contribution in [3.05, 3.63) is 23.8 Å². The fraction of sp³-hybridized carbons (Fsp3) is 0.562.